The average molecular weight is 245 g/mol. The topological polar surface area (TPSA) is 28.2 Å². The van der Waals surface area contributed by atoms with E-state index in [2.05, 4.69) is 35.1 Å². The van der Waals surface area contributed by atoms with E-state index in [0.29, 0.717) is 5.54 Å². The second-order valence-electron chi connectivity index (χ2n) is 6.20. The molecule has 1 aliphatic heterocycles. The van der Waals surface area contributed by atoms with Gasteiger partial charge < -0.3 is 5.32 Å². The van der Waals surface area contributed by atoms with Gasteiger partial charge in [-0.2, -0.15) is 0 Å². The smallest absolute Gasteiger partial charge is 0.0313 e. The molecule has 0 bridgehead atoms. The Morgan fingerprint density at radius 1 is 1.44 bits per heavy atom. The van der Waals surface area contributed by atoms with Crippen LogP contribution in [0, 0.1) is 12.8 Å². The summed E-state index contributed by atoms with van der Waals surface area (Å²) in [6.07, 6.45) is 6.74. The Morgan fingerprint density at radius 2 is 2.28 bits per heavy atom. The van der Waals surface area contributed by atoms with Crippen LogP contribution in [0.15, 0.2) is 18.5 Å². The molecule has 1 saturated heterocycles. The molecule has 2 fully saturated rings. The number of nitrogens with zero attached hydrogens (tertiary/aromatic N) is 2. The summed E-state index contributed by atoms with van der Waals surface area (Å²) in [5.74, 6) is 0.899. The monoisotopic (exact) mass is 245 g/mol. The van der Waals surface area contributed by atoms with Crippen molar-refractivity contribution in [2.45, 2.75) is 38.8 Å². The van der Waals surface area contributed by atoms with Gasteiger partial charge in [-0.1, -0.05) is 6.07 Å². The Morgan fingerprint density at radius 3 is 3.00 bits per heavy atom. The second-order valence-corrected chi connectivity index (χ2v) is 6.20. The van der Waals surface area contributed by atoms with Crippen LogP contribution in [0.3, 0.4) is 0 Å². The van der Waals surface area contributed by atoms with Crippen molar-refractivity contribution in [2.24, 2.45) is 5.92 Å². The van der Waals surface area contributed by atoms with Crippen LogP contribution in [-0.2, 0) is 6.54 Å². The van der Waals surface area contributed by atoms with Crippen molar-refractivity contribution in [2.75, 3.05) is 19.6 Å². The molecule has 3 rings (SSSR count). The van der Waals surface area contributed by atoms with E-state index < -0.39 is 0 Å². The molecular formula is C15H23N3. The van der Waals surface area contributed by atoms with E-state index in [1.807, 2.05) is 12.4 Å². The van der Waals surface area contributed by atoms with Crippen LogP contribution >= 0.6 is 0 Å². The van der Waals surface area contributed by atoms with E-state index in [1.54, 1.807) is 0 Å². The van der Waals surface area contributed by atoms with Crippen LogP contribution in [-0.4, -0.2) is 35.1 Å². The number of piperazine rings is 1. The van der Waals surface area contributed by atoms with E-state index >= 15 is 0 Å². The van der Waals surface area contributed by atoms with Gasteiger partial charge in [0.05, 0.1) is 0 Å². The summed E-state index contributed by atoms with van der Waals surface area (Å²) in [4.78, 5) is 6.87. The number of pyridine rings is 1. The normalized spacial score (nSPS) is 29.4. The largest absolute Gasteiger partial charge is 0.309 e. The SMILES string of the molecule is Cc1cncc(CN2CCNC(C)(C3CC3)C2)c1. The van der Waals surface area contributed by atoms with E-state index in [9.17, 15) is 0 Å². The highest BCUT2D eigenvalue weighted by atomic mass is 15.2. The van der Waals surface area contributed by atoms with Crippen molar-refractivity contribution in [1.82, 2.24) is 15.2 Å². The average Bonchev–Trinajstić information content (AvgIpc) is 3.13. The minimum Gasteiger partial charge on any atom is -0.309 e. The summed E-state index contributed by atoms with van der Waals surface area (Å²) < 4.78 is 0. The standard InChI is InChI=1S/C15H23N3/c1-12-7-13(9-16-8-12)10-18-6-5-17-15(2,11-18)14-3-4-14/h7-9,14,17H,3-6,10-11H2,1-2H3. The minimum atomic E-state index is 0.343. The molecule has 1 aliphatic carbocycles. The first-order valence-electron chi connectivity index (χ1n) is 7.04. The van der Waals surface area contributed by atoms with Gasteiger partial charge in [-0.25, -0.2) is 0 Å². The fraction of sp³-hybridized carbons (Fsp3) is 0.667. The summed E-state index contributed by atoms with van der Waals surface area (Å²) in [6.45, 7) is 8.99. The fourth-order valence-electron chi connectivity index (χ4n) is 3.19. The van der Waals surface area contributed by atoms with Gasteiger partial charge >= 0.3 is 0 Å². The third-order valence-electron chi connectivity index (χ3n) is 4.33. The molecule has 18 heavy (non-hydrogen) atoms. The van der Waals surface area contributed by atoms with Crippen molar-refractivity contribution < 1.29 is 0 Å². The van der Waals surface area contributed by atoms with Gasteiger partial charge in [0.1, 0.15) is 0 Å². The molecule has 1 atom stereocenters. The van der Waals surface area contributed by atoms with Crippen LogP contribution < -0.4 is 5.32 Å². The molecule has 0 spiro atoms. The summed E-state index contributed by atoms with van der Waals surface area (Å²) in [5.41, 5.74) is 2.94. The first kappa shape index (κ1) is 12.1. The van der Waals surface area contributed by atoms with E-state index in [4.69, 9.17) is 0 Å². The lowest BCUT2D eigenvalue weighted by Crippen LogP contribution is -2.59. The van der Waals surface area contributed by atoms with Crippen molar-refractivity contribution in [1.29, 1.82) is 0 Å². The molecule has 3 heteroatoms. The summed E-state index contributed by atoms with van der Waals surface area (Å²) in [7, 11) is 0. The minimum absolute atomic E-state index is 0.343. The number of aryl methyl sites for hydroxylation is 1. The number of hydrogen-bond donors (Lipinski definition) is 1. The third-order valence-corrected chi connectivity index (χ3v) is 4.33. The van der Waals surface area contributed by atoms with Crippen molar-refractivity contribution in [3.05, 3.63) is 29.6 Å². The zero-order chi connectivity index (χ0) is 12.6. The highest BCUT2D eigenvalue weighted by Gasteiger charge is 2.43. The predicted molar refractivity (Wildman–Crippen MR) is 73.4 cm³/mol. The van der Waals surface area contributed by atoms with Crippen LogP contribution in [0.5, 0.6) is 0 Å². The molecule has 0 aromatic carbocycles. The molecule has 0 amide bonds. The maximum atomic E-state index is 4.29. The van der Waals surface area contributed by atoms with Crippen molar-refractivity contribution in [3.63, 3.8) is 0 Å². The molecule has 1 saturated carbocycles. The van der Waals surface area contributed by atoms with Gasteiger partial charge in [-0.3, -0.25) is 9.88 Å². The first-order chi connectivity index (χ1) is 8.66. The van der Waals surface area contributed by atoms with Crippen LogP contribution in [0.2, 0.25) is 0 Å². The lowest BCUT2D eigenvalue weighted by molar-refractivity contribution is 0.121. The van der Waals surface area contributed by atoms with Crippen LogP contribution in [0.4, 0.5) is 0 Å². The van der Waals surface area contributed by atoms with E-state index in [-0.39, 0.29) is 0 Å². The molecule has 3 nitrogen and oxygen atoms in total. The summed E-state index contributed by atoms with van der Waals surface area (Å²) in [5, 5.41) is 3.73. The summed E-state index contributed by atoms with van der Waals surface area (Å²) in [6, 6.07) is 2.25. The molecule has 1 aromatic rings. The number of nitrogens with one attached hydrogen (secondary N) is 1. The summed E-state index contributed by atoms with van der Waals surface area (Å²) >= 11 is 0. The van der Waals surface area contributed by atoms with Crippen LogP contribution in [0.25, 0.3) is 0 Å². The zero-order valence-electron chi connectivity index (χ0n) is 11.4. The number of hydrogen-bond acceptors (Lipinski definition) is 3. The highest BCUT2D eigenvalue weighted by Crippen LogP contribution is 2.40. The highest BCUT2D eigenvalue weighted by molar-refractivity contribution is 5.17. The third kappa shape index (κ3) is 2.57. The molecule has 2 aliphatic rings. The maximum Gasteiger partial charge on any atom is 0.0313 e. The van der Waals surface area contributed by atoms with E-state index in [0.717, 1.165) is 25.6 Å². The quantitative estimate of drug-likeness (QED) is 0.882. The number of rotatable bonds is 3. The number of aromatic nitrogens is 1. The lowest BCUT2D eigenvalue weighted by Gasteiger charge is -2.42. The van der Waals surface area contributed by atoms with Gasteiger partial charge in [-0.15, -0.1) is 0 Å². The molecule has 2 heterocycles. The van der Waals surface area contributed by atoms with Crippen molar-refractivity contribution in [3.8, 4) is 0 Å². The zero-order valence-corrected chi connectivity index (χ0v) is 11.4. The van der Waals surface area contributed by atoms with Gasteiger partial charge in [0, 0.05) is 44.1 Å². The molecule has 1 unspecified atom stereocenters. The van der Waals surface area contributed by atoms with Gasteiger partial charge in [-0.05, 0) is 43.7 Å². The maximum absolute atomic E-state index is 4.29. The lowest BCUT2D eigenvalue weighted by atomic mass is 9.93. The second kappa shape index (κ2) is 4.63. The molecule has 0 radical (unpaired) electrons. The Balaban J connectivity index is 1.66. The van der Waals surface area contributed by atoms with Gasteiger partial charge in [0.15, 0.2) is 0 Å². The van der Waals surface area contributed by atoms with Gasteiger partial charge in [0.25, 0.3) is 0 Å². The molecule has 1 aromatic heterocycles. The van der Waals surface area contributed by atoms with E-state index in [1.165, 1.54) is 30.5 Å². The molecule has 1 N–H and O–H groups in total. The fourth-order valence-corrected chi connectivity index (χ4v) is 3.19. The predicted octanol–water partition coefficient (Wildman–Crippen LogP) is 1.96. The van der Waals surface area contributed by atoms with Gasteiger partial charge in [0.2, 0.25) is 0 Å². The Kier molecular flexibility index (Phi) is 3.12. The Labute approximate surface area is 110 Å². The van der Waals surface area contributed by atoms with Crippen LogP contribution in [0.1, 0.15) is 30.9 Å². The Bertz CT molecular complexity index is 428. The molecule has 98 valence electrons. The first-order valence-corrected chi connectivity index (χ1v) is 7.04. The van der Waals surface area contributed by atoms with Crippen molar-refractivity contribution >= 4 is 0 Å². The molecular weight excluding hydrogens is 222 g/mol. The Hall–Kier alpha value is -0.930.